The van der Waals surface area contributed by atoms with Gasteiger partial charge in [0.15, 0.2) is 0 Å². The van der Waals surface area contributed by atoms with Gasteiger partial charge < -0.3 is 10.6 Å². The highest BCUT2D eigenvalue weighted by atomic mass is 35.5. The summed E-state index contributed by atoms with van der Waals surface area (Å²) in [6.45, 7) is 0.878. The van der Waals surface area contributed by atoms with Crippen LogP contribution in [0.2, 0.25) is 5.02 Å². The van der Waals surface area contributed by atoms with Crippen molar-refractivity contribution in [2.24, 2.45) is 5.73 Å². The van der Waals surface area contributed by atoms with Crippen LogP contribution >= 0.6 is 11.6 Å². The summed E-state index contributed by atoms with van der Waals surface area (Å²) >= 11 is 6.26. The first-order valence-corrected chi connectivity index (χ1v) is 6.84. The minimum atomic E-state index is 0.0328. The van der Waals surface area contributed by atoms with Crippen LogP contribution in [-0.2, 0) is 6.42 Å². The van der Waals surface area contributed by atoms with Crippen molar-refractivity contribution in [3.8, 4) is 0 Å². The van der Waals surface area contributed by atoms with Gasteiger partial charge in [0.2, 0.25) is 0 Å². The summed E-state index contributed by atoms with van der Waals surface area (Å²) in [7, 11) is 2.01. The second kappa shape index (κ2) is 6.44. The molecule has 0 fully saturated rings. The molecule has 2 rings (SSSR count). The highest BCUT2D eigenvalue weighted by molar-refractivity contribution is 6.33. The molecule has 0 saturated carbocycles. The maximum Gasteiger partial charge on any atom is 0.122 e. The van der Waals surface area contributed by atoms with Gasteiger partial charge in [-0.2, -0.15) is 0 Å². The number of anilines is 1. The topological polar surface area (TPSA) is 53.1 Å². The van der Waals surface area contributed by atoms with Crippen LogP contribution in [0.3, 0.4) is 0 Å². The van der Waals surface area contributed by atoms with Crippen molar-refractivity contribution in [2.45, 2.75) is 6.42 Å². The standard InChI is InChI=1S/C16H18ClN3/c1-20(10-9-12-5-3-2-4-6-12)15-8-7-13(16(18)19)11-14(15)17/h2-8,11H,9-10H2,1H3,(H3,18,19). The average molecular weight is 288 g/mol. The van der Waals surface area contributed by atoms with Crippen molar-refractivity contribution >= 4 is 23.1 Å². The van der Waals surface area contributed by atoms with Gasteiger partial charge in [-0.25, -0.2) is 0 Å². The normalized spacial score (nSPS) is 10.3. The number of nitrogens with zero attached hydrogens (tertiary/aromatic N) is 1. The maximum absolute atomic E-state index is 7.41. The number of rotatable bonds is 5. The molecule has 0 atom stereocenters. The van der Waals surface area contributed by atoms with E-state index in [-0.39, 0.29) is 5.84 Å². The molecule has 104 valence electrons. The van der Waals surface area contributed by atoms with Gasteiger partial charge in [-0.3, -0.25) is 5.41 Å². The largest absolute Gasteiger partial charge is 0.384 e. The quantitative estimate of drug-likeness (QED) is 0.655. The van der Waals surface area contributed by atoms with Crippen molar-refractivity contribution in [1.82, 2.24) is 0 Å². The molecule has 4 heteroatoms. The molecule has 0 saturated heterocycles. The Morgan fingerprint density at radius 1 is 1.20 bits per heavy atom. The minimum Gasteiger partial charge on any atom is -0.384 e. The van der Waals surface area contributed by atoms with Crippen molar-refractivity contribution in [1.29, 1.82) is 5.41 Å². The summed E-state index contributed by atoms with van der Waals surface area (Å²) in [4.78, 5) is 2.11. The summed E-state index contributed by atoms with van der Waals surface area (Å²) in [6, 6.07) is 15.8. The number of hydrogen-bond acceptors (Lipinski definition) is 2. The monoisotopic (exact) mass is 287 g/mol. The molecule has 20 heavy (non-hydrogen) atoms. The van der Waals surface area contributed by atoms with E-state index >= 15 is 0 Å². The summed E-state index contributed by atoms with van der Waals surface area (Å²) in [5, 5.41) is 8.03. The molecule has 0 radical (unpaired) electrons. The molecule has 3 N–H and O–H groups in total. The van der Waals surface area contributed by atoms with E-state index in [0.717, 1.165) is 18.7 Å². The molecule has 0 bridgehead atoms. The lowest BCUT2D eigenvalue weighted by Gasteiger charge is -2.21. The van der Waals surface area contributed by atoms with E-state index in [1.54, 1.807) is 6.07 Å². The Bertz CT molecular complexity index is 596. The van der Waals surface area contributed by atoms with Crippen molar-refractivity contribution in [3.05, 3.63) is 64.7 Å². The molecule has 3 nitrogen and oxygen atoms in total. The number of nitrogen functional groups attached to an aromatic ring is 1. The van der Waals surface area contributed by atoms with E-state index in [1.807, 2.05) is 37.4 Å². The van der Waals surface area contributed by atoms with Gasteiger partial charge in [-0.15, -0.1) is 0 Å². The fourth-order valence-electron chi connectivity index (χ4n) is 2.05. The molecule has 2 aromatic carbocycles. The van der Waals surface area contributed by atoms with E-state index in [4.69, 9.17) is 22.7 Å². The number of nitrogens with two attached hydrogens (primary N) is 1. The number of halogens is 1. The van der Waals surface area contributed by atoms with E-state index in [9.17, 15) is 0 Å². The first-order chi connectivity index (χ1) is 9.58. The van der Waals surface area contributed by atoms with Crippen LogP contribution in [0.15, 0.2) is 48.5 Å². The predicted molar refractivity (Wildman–Crippen MR) is 85.9 cm³/mol. The molecule has 0 aromatic heterocycles. The number of hydrogen-bond donors (Lipinski definition) is 2. The molecular formula is C16H18ClN3. The van der Waals surface area contributed by atoms with Crippen LogP contribution in [0.1, 0.15) is 11.1 Å². The van der Waals surface area contributed by atoms with Crippen LogP contribution in [0.5, 0.6) is 0 Å². The number of benzene rings is 2. The van der Waals surface area contributed by atoms with Gasteiger partial charge in [0.25, 0.3) is 0 Å². The SMILES string of the molecule is CN(CCc1ccccc1)c1ccc(C(=N)N)cc1Cl. The molecule has 0 spiro atoms. The van der Waals surface area contributed by atoms with Gasteiger partial charge in [0.05, 0.1) is 10.7 Å². The fourth-order valence-corrected chi connectivity index (χ4v) is 2.37. The van der Waals surface area contributed by atoms with Crippen LogP contribution in [0.25, 0.3) is 0 Å². The highest BCUT2D eigenvalue weighted by Gasteiger charge is 2.08. The fraction of sp³-hybridized carbons (Fsp3) is 0.188. The zero-order valence-corrected chi connectivity index (χ0v) is 12.2. The lowest BCUT2D eigenvalue weighted by molar-refractivity contribution is 0.877. The summed E-state index contributed by atoms with van der Waals surface area (Å²) in [6.07, 6.45) is 0.960. The number of likely N-dealkylation sites (N-methyl/N-ethyl adjacent to an activating group) is 1. The van der Waals surface area contributed by atoms with Crippen molar-refractivity contribution in [2.75, 3.05) is 18.5 Å². The smallest absolute Gasteiger partial charge is 0.122 e. The van der Waals surface area contributed by atoms with E-state index in [1.165, 1.54) is 5.56 Å². The Morgan fingerprint density at radius 3 is 2.50 bits per heavy atom. The van der Waals surface area contributed by atoms with Gasteiger partial charge in [0, 0.05) is 19.2 Å². The Morgan fingerprint density at radius 2 is 1.90 bits per heavy atom. The Balaban J connectivity index is 2.06. The maximum atomic E-state index is 7.41. The Hall–Kier alpha value is -2.00. The molecule has 0 unspecified atom stereocenters. The first kappa shape index (κ1) is 14.4. The van der Waals surface area contributed by atoms with Crippen LogP contribution in [0, 0.1) is 5.41 Å². The van der Waals surface area contributed by atoms with Crippen LogP contribution in [-0.4, -0.2) is 19.4 Å². The zero-order valence-electron chi connectivity index (χ0n) is 11.4. The van der Waals surface area contributed by atoms with Gasteiger partial charge in [-0.05, 0) is 30.2 Å². The third-order valence-electron chi connectivity index (χ3n) is 3.25. The summed E-state index contributed by atoms with van der Waals surface area (Å²) in [5.74, 6) is 0.0328. The molecule has 0 aliphatic carbocycles. The predicted octanol–water partition coefficient (Wildman–Crippen LogP) is 3.30. The lowest BCUT2D eigenvalue weighted by atomic mass is 10.1. The van der Waals surface area contributed by atoms with Crippen LogP contribution < -0.4 is 10.6 Å². The summed E-state index contributed by atoms with van der Waals surface area (Å²) in [5.41, 5.74) is 8.36. The first-order valence-electron chi connectivity index (χ1n) is 6.47. The zero-order chi connectivity index (χ0) is 14.5. The Labute approximate surface area is 124 Å². The van der Waals surface area contributed by atoms with Gasteiger partial charge >= 0.3 is 0 Å². The highest BCUT2D eigenvalue weighted by Crippen LogP contribution is 2.26. The Kier molecular flexibility index (Phi) is 4.64. The van der Waals surface area contributed by atoms with Crippen molar-refractivity contribution < 1.29 is 0 Å². The molecular weight excluding hydrogens is 270 g/mol. The third-order valence-corrected chi connectivity index (χ3v) is 3.55. The van der Waals surface area contributed by atoms with E-state index < -0.39 is 0 Å². The van der Waals surface area contributed by atoms with Gasteiger partial charge in [-0.1, -0.05) is 41.9 Å². The lowest BCUT2D eigenvalue weighted by Crippen LogP contribution is -2.21. The second-order valence-corrected chi connectivity index (χ2v) is 5.14. The second-order valence-electron chi connectivity index (χ2n) is 4.74. The number of nitrogens with one attached hydrogen (secondary N) is 1. The molecule has 0 amide bonds. The van der Waals surface area contributed by atoms with E-state index in [2.05, 4.69) is 17.0 Å². The van der Waals surface area contributed by atoms with E-state index in [0.29, 0.717) is 10.6 Å². The van der Waals surface area contributed by atoms with Crippen LogP contribution in [0.4, 0.5) is 5.69 Å². The third kappa shape index (κ3) is 3.52. The number of amidine groups is 1. The van der Waals surface area contributed by atoms with Gasteiger partial charge in [0.1, 0.15) is 5.84 Å². The molecule has 0 heterocycles. The summed E-state index contributed by atoms with van der Waals surface area (Å²) < 4.78 is 0. The molecule has 0 aliphatic rings. The molecule has 2 aromatic rings. The van der Waals surface area contributed by atoms with Crippen molar-refractivity contribution in [3.63, 3.8) is 0 Å². The molecule has 0 aliphatic heterocycles. The minimum absolute atomic E-state index is 0.0328. The average Bonchev–Trinajstić information content (AvgIpc) is 2.45.